The number of likely N-dealkylation sites (tertiary alicyclic amines) is 2. The Balaban J connectivity index is 2.32. The lowest BCUT2D eigenvalue weighted by atomic mass is 9.90. The van der Waals surface area contributed by atoms with Crippen molar-refractivity contribution in [2.75, 3.05) is 32.8 Å². The number of aliphatic hydroxyl groups is 5. The van der Waals surface area contributed by atoms with Crippen molar-refractivity contribution in [2.24, 2.45) is 0 Å². The zero-order chi connectivity index (χ0) is 30.0. The van der Waals surface area contributed by atoms with Gasteiger partial charge in [-0.05, 0) is 19.4 Å². The van der Waals surface area contributed by atoms with Crippen LogP contribution in [0.15, 0.2) is 0 Å². The largest absolute Gasteiger partial charge is 0.395 e. The third-order valence-electron chi connectivity index (χ3n) is 7.70. The highest BCUT2D eigenvalue weighted by atomic mass is 16.5. The molecule has 0 aromatic rings. The van der Waals surface area contributed by atoms with Gasteiger partial charge in [0, 0.05) is 32.4 Å². The smallest absolute Gasteiger partial charge is 0.252 e. The molecule has 2 fully saturated rings. The molecule has 0 aliphatic carbocycles. The Morgan fingerprint density at radius 1 is 0.925 bits per heavy atom. The highest BCUT2D eigenvalue weighted by molar-refractivity contribution is 5.82. The number of amides is 3. The number of nitrogens with one attached hydrogen (secondary N) is 2. The Morgan fingerprint density at radius 2 is 1.52 bits per heavy atom. The lowest BCUT2D eigenvalue weighted by molar-refractivity contribution is -0.183. The third kappa shape index (κ3) is 8.13. The van der Waals surface area contributed by atoms with Crippen molar-refractivity contribution in [3.05, 3.63) is 0 Å². The standard InChI is InChI=1S/C27H46N4O9/c1-5-9-10-11-30-12-17(29-22(35)8-4)26(25(38)18(30)14-32)40-20(6-2)27(39)31-13-16(28-21(34)7-3)23(36)24(37)19(31)15-33/h1,16-20,23-26,32-33,36-38H,6-15H2,2-4H3,(H,28,34)(H,29,35). The first-order valence-electron chi connectivity index (χ1n) is 14.1. The minimum Gasteiger partial charge on any atom is -0.395 e. The van der Waals surface area contributed by atoms with E-state index in [1.807, 2.05) is 4.90 Å². The van der Waals surface area contributed by atoms with Crippen LogP contribution in [0.4, 0.5) is 0 Å². The van der Waals surface area contributed by atoms with Crippen molar-refractivity contribution in [1.29, 1.82) is 0 Å². The van der Waals surface area contributed by atoms with Gasteiger partial charge in [-0.1, -0.05) is 20.8 Å². The van der Waals surface area contributed by atoms with E-state index in [9.17, 15) is 39.9 Å². The molecule has 0 radical (unpaired) electrons. The van der Waals surface area contributed by atoms with Crippen molar-refractivity contribution in [2.45, 2.75) is 108 Å². The minimum absolute atomic E-state index is 0.133. The Bertz CT molecular complexity index is 885. The molecule has 0 saturated carbocycles. The van der Waals surface area contributed by atoms with Crippen molar-refractivity contribution in [3.63, 3.8) is 0 Å². The van der Waals surface area contributed by atoms with E-state index in [0.29, 0.717) is 19.4 Å². The number of hydrogen-bond donors (Lipinski definition) is 7. The summed E-state index contributed by atoms with van der Waals surface area (Å²) in [5, 5.41) is 58.0. The maximum absolute atomic E-state index is 13.7. The quantitative estimate of drug-likeness (QED) is 0.0906. The SMILES string of the molecule is C#CCCCN1CC(NC(=O)CC)C(OC(CC)C(=O)N2CC(NC(=O)CC)C(O)C(O)C2CO)C(O)C1CO. The van der Waals surface area contributed by atoms with Gasteiger partial charge in [0.1, 0.15) is 24.4 Å². The Kier molecular flexibility index (Phi) is 13.7. The zero-order valence-corrected chi connectivity index (χ0v) is 23.6. The normalized spacial score (nSPS) is 31.7. The van der Waals surface area contributed by atoms with Crippen LogP contribution in [0.2, 0.25) is 0 Å². The number of rotatable bonds is 13. The Labute approximate surface area is 235 Å². The third-order valence-corrected chi connectivity index (χ3v) is 7.70. The van der Waals surface area contributed by atoms with Gasteiger partial charge in [-0.3, -0.25) is 19.3 Å². The van der Waals surface area contributed by atoms with E-state index in [1.54, 1.807) is 20.8 Å². The molecule has 2 heterocycles. The zero-order valence-electron chi connectivity index (χ0n) is 23.6. The maximum atomic E-state index is 13.7. The topological polar surface area (TPSA) is 192 Å². The molecular weight excluding hydrogens is 524 g/mol. The van der Waals surface area contributed by atoms with Crippen LogP contribution in [0.1, 0.15) is 52.9 Å². The second-order valence-electron chi connectivity index (χ2n) is 10.3. The van der Waals surface area contributed by atoms with E-state index in [1.165, 1.54) is 4.90 Å². The summed E-state index contributed by atoms with van der Waals surface area (Å²) in [5.41, 5.74) is 0. The summed E-state index contributed by atoms with van der Waals surface area (Å²) in [5.74, 6) is 1.28. The second-order valence-corrected chi connectivity index (χ2v) is 10.3. The molecule has 2 aliphatic rings. The summed E-state index contributed by atoms with van der Waals surface area (Å²) in [6, 6.07) is -3.56. The number of aliphatic hydroxyl groups excluding tert-OH is 5. The summed E-state index contributed by atoms with van der Waals surface area (Å²) in [6.07, 6.45) is 0.523. The fourth-order valence-corrected chi connectivity index (χ4v) is 5.35. The molecule has 0 spiro atoms. The molecule has 9 unspecified atom stereocenters. The molecule has 2 rings (SSSR count). The first-order valence-corrected chi connectivity index (χ1v) is 14.1. The van der Waals surface area contributed by atoms with Crippen LogP contribution in [0.5, 0.6) is 0 Å². The van der Waals surface area contributed by atoms with E-state index < -0.39 is 73.8 Å². The monoisotopic (exact) mass is 570 g/mol. The Hall–Kier alpha value is -2.31. The van der Waals surface area contributed by atoms with Crippen LogP contribution < -0.4 is 10.6 Å². The van der Waals surface area contributed by atoms with Gasteiger partial charge in [0.05, 0.1) is 43.5 Å². The summed E-state index contributed by atoms with van der Waals surface area (Å²) in [6.45, 7) is 4.50. The predicted molar refractivity (Wildman–Crippen MR) is 145 cm³/mol. The summed E-state index contributed by atoms with van der Waals surface area (Å²) < 4.78 is 6.19. The molecule has 2 aliphatic heterocycles. The molecule has 228 valence electrons. The van der Waals surface area contributed by atoms with Gasteiger partial charge >= 0.3 is 0 Å². The van der Waals surface area contributed by atoms with Gasteiger partial charge in [-0.15, -0.1) is 12.3 Å². The summed E-state index contributed by atoms with van der Waals surface area (Å²) in [4.78, 5) is 41.1. The van der Waals surface area contributed by atoms with E-state index in [0.717, 1.165) is 0 Å². The van der Waals surface area contributed by atoms with Gasteiger partial charge < -0.3 is 45.8 Å². The molecule has 3 amide bonds. The molecular formula is C27H46N4O9. The number of unbranched alkanes of at least 4 members (excludes halogenated alkanes) is 1. The minimum atomic E-state index is -1.53. The highest BCUT2D eigenvalue weighted by Gasteiger charge is 2.48. The van der Waals surface area contributed by atoms with Crippen LogP contribution >= 0.6 is 0 Å². The first kappa shape index (κ1) is 33.9. The van der Waals surface area contributed by atoms with Crippen LogP contribution in [-0.4, -0.2) is 141 Å². The van der Waals surface area contributed by atoms with Gasteiger partial charge in [-0.2, -0.15) is 0 Å². The molecule has 13 nitrogen and oxygen atoms in total. The number of piperidine rings is 2. The van der Waals surface area contributed by atoms with Gasteiger partial charge in [0.2, 0.25) is 11.8 Å². The lowest BCUT2D eigenvalue weighted by Crippen LogP contribution is -2.70. The van der Waals surface area contributed by atoms with E-state index in [-0.39, 0.29) is 44.2 Å². The number of nitrogens with zero attached hydrogens (tertiary/aromatic N) is 2. The van der Waals surface area contributed by atoms with Gasteiger partial charge in [0.15, 0.2) is 0 Å². The van der Waals surface area contributed by atoms with Crippen LogP contribution in [0.3, 0.4) is 0 Å². The molecule has 9 atom stereocenters. The second kappa shape index (κ2) is 16.2. The molecule has 0 aromatic carbocycles. The van der Waals surface area contributed by atoms with Crippen molar-refractivity contribution in [1.82, 2.24) is 20.4 Å². The molecule has 2 saturated heterocycles. The van der Waals surface area contributed by atoms with Crippen molar-refractivity contribution < 1.29 is 44.7 Å². The van der Waals surface area contributed by atoms with Crippen LogP contribution in [0, 0.1) is 12.3 Å². The van der Waals surface area contributed by atoms with Crippen molar-refractivity contribution in [3.8, 4) is 12.3 Å². The van der Waals surface area contributed by atoms with Crippen LogP contribution in [0.25, 0.3) is 0 Å². The highest BCUT2D eigenvalue weighted by Crippen LogP contribution is 2.26. The van der Waals surface area contributed by atoms with Gasteiger partial charge in [-0.25, -0.2) is 0 Å². The van der Waals surface area contributed by atoms with E-state index in [2.05, 4.69) is 16.6 Å². The number of ether oxygens (including phenoxy) is 1. The molecule has 7 N–H and O–H groups in total. The number of carbonyl (C=O) groups excluding carboxylic acids is 3. The number of hydrogen-bond acceptors (Lipinski definition) is 10. The fourth-order valence-electron chi connectivity index (χ4n) is 5.35. The molecule has 13 heteroatoms. The molecule has 0 bridgehead atoms. The van der Waals surface area contributed by atoms with Crippen molar-refractivity contribution >= 4 is 17.7 Å². The first-order chi connectivity index (χ1) is 19.1. The maximum Gasteiger partial charge on any atom is 0.252 e. The molecule has 40 heavy (non-hydrogen) atoms. The lowest BCUT2D eigenvalue weighted by Gasteiger charge is -2.48. The van der Waals surface area contributed by atoms with E-state index in [4.69, 9.17) is 11.2 Å². The fraction of sp³-hybridized carbons (Fsp3) is 0.815. The number of terminal acetylenes is 1. The van der Waals surface area contributed by atoms with E-state index >= 15 is 0 Å². The summed E-state index contributed by atoms with van der Waals surface area (Å²) in [7, 11) is 0. The summed E-state index contributed by atoms with van der Waals surface area (Å²) >= 11 is 0. The predicted octanol–water partition coefficient (Wildman–Crippen LogP) is -2.68. The van der Waals surface area contributed by atoms with Gasteiger partial charge in [0.25, 0.3) is 5.91 Å². The average Bonchev–Trinajstić information content (AvgIpc) is 2.94. The van der Waals surface area contributed by atoms with Crippen LogP contribution in [-0.2, 0) is 19.1 Å². The molecule has 0 aromatic heterocycles. The average molecular weight is 571 g/mol. The number of carbonyl (C=O) groups is 3. The Morgan fingerprint density at radius 3 is 2.05 bits per heavy atom.